The van der Waals surface area contributed by atoms with Crippen LogP contribution in [0.2, 0.25) is 0 Å². The van der Waals surface area contributed by atoms with E-state index in [0.29, 0.717) is 10.4 Å². The summed E-state index contributed by atoms with van der Waals surface area (Å²) in [5.41, 5.74) is 0.242. The highest BCUT2D eigenvalue weighted by Crippen LogP contribution is 2.24. The number of halogens is 3. The second kappa shape index (κ2) is 4.98. The first-order chi connectivity index (χ1) is 8.06. The molecule has 5 heteroatoms. The van der Waals surface area contributed by atoms with Crippen LogP contribution in [-0.4, -0.2) is 5.11 Å². The van der Waals surface area contributed by atoms with Crippen molar-refractivity contribution < 1.29 is 18.3 Å². The third-order valence-electron chi connectivity index (χ3n) is 2.35. The zero-order chi connectivity index (χ0) is 12.4. The zero-order valence-corrected chi connectivity index (χ0v) is 10.2. The third-order valence-corrected chi connectivity index (χ3v) is 2.78. The maximum Gasteiger partial charge on any atom is 0.169 e. The summed E-state index contributed by atoms with van der Waals surface area (Å²) in [7, 11) is 0. The van der Waals surface area contributed by atoms with Gasteiger partial charge in [0, 0.05) is 12.5 Å². The molecule has 2 rings (SSSR count). The highest BCUT2D eigenvalue weighted by Gasteiger charge is 2.15. The van der Waals surface area contributed by atoms with Crippen LogP contribution >= 0.6 is 15.9 Å². The van der Waals surface area contributed by atoms with Gasteiger partial charge in [-0.05, 0) is 39.7 Å². The average Bonchev–Trinajstić information content (AvgIpc) is 2.69. The molecule has 0 fully saturated rings. The molecule has 0 aliphatic carbocycles. The summed E-state index contributed by atoms with van der Waals surface area (Å²) in [5.74, 6) is -0.975. The molecule has 0 bridgehead atoms. The predicted molar refractivity (Wildman–Crippen MR) is 61.4 cm³/mol. The summed E-state index contributed by atoms with van der Waals surface area (Å²) in [6.45, 7) is 0. The van der Waals surface area contributed by atoms with E-state index in [-0.39, 0.29) is 12.0 Å². The van der Waals surface area contributed by atoms with Crippen molar-refractivity contribution in [2.24, 2.45) is 0 Å². The fraction of sp³-hybridized carbons (Fsp3) is 0.167. The molecule has 0 aliphatic rings. The molecule has 0 saturated heterocycles. The first-order valence-corrected chi connectivity index (χ1v) is 5.73. The highest BCUT2D eigenvalue weighted by molar-refractivity contribution is 9.10. The fourth-order valence-electron chi connectivity index (χ4n) is 1.50. The average molecular weight is 303 g/mol. The Hall–Kier alpha value is -1.20. The van der Waals surface area contributed by atoms with Gasteiger partial charge in [-0.15, -0.1) is 0 Å². The van der Waals surface area contributed by atoms with Gasteiger partial charge >= 0.3 is 0 Å². The summed E-state index contributed by atoms with van der Waals surface area (Å²) in [4.78, 5) is 0. The van der Waals surface area contributed by atoms with Gasteiger partial charge < -0.3 is 9.52 Å². The summed E-state index contributed by atoms with van der Waals surface area (Å²) >= 11 is 3.11. The van der Waals surface area contributed by atoms with Crippen LogP contribution in [-0.2, 0) is 6.42 Å². The van der Waals surface area contributed by atoms with Crippen molar-refractivity contribution in [3.8, 4) is 0 Å². The van der Waals surface area contributed by atoms with E-state index in [4.69, 9.17) is 4.42 Å². The molecule has 1 atom stereocenters. The van der Waals surface area contributed by atoms with E-state index in [1.54, 1.807) is 12.1 Å². The molecule has 1 aromatic heterocycles. The van der Waals surface area contributed by atoms with Crippen LogP contribution in [0.1, 0.15) is 17.4 Å². The molecular formula is C12H9BrF2O2. The molecule has 0 amide bonds. The van der Waals surface area contributed by atoms with Gasteiger partial charge in [-0.3, -0.25) is 0 Å². The van der Waals surface area contributed by atoms with Crippen molar-refractivity contribution in [3.63, 3.8) is 0 Å². The molecular weight excluding hydrogens is 294 g/mol. The Bertz CT molecular complexity index is 525. The van der Waals surface area contributed by atoms with Gasteiger partial charge in [-0.2, -0.15) is 0 Å². The van der Waals surface area contributed by atoms with E-state index < -0.39 is 17.7 Å². The Morgan fingerprint density at radius 1 is 1.24 bits per heavy atom. The van der Waals surface area contributed by atoms with Crippen LogP contribution in [0, 0.1) is 11.6 Å². The topological polar surface area (TPSA) is 33.4 Å². The van der Waals surface area contributed by atoms with Crippen LogP contribution in [0.5, 0.6) is 0 Å². The maximum atomic E-state index is 13.3. The van der Waals surface area contributed by atoms with Gasteiger partial charge in [-0.25, -0.2) is 8.78 Å². The van der Waals surface area contributed by atoms with E-state index in [1.165, 1.54) is 6.07 Å². The van der Waals surface area contributed by atoms with E-state index in [9.17, 15) is 13.9 Å². The second-order valence-corrected chi connectivity index (χ2v) is 4.38. The normalized spacial score (nSPS) is 12.7. The van der Waals surface area contributed by atoms with Gasteiger partial charge in [-0.1, -0.05) is 6.07 Å². The summed E-state index contributed by atoms with van der Waals surface area (Å²) in [5, 5.41) is 9.81. The lowest BCUT2D eigenvalue weighted by molar-refractivity contribution is 0.147. The molecule has 1 aromatic carbocycles. The molecule has 2 aromatic rings. The molecule has 1 heterocycles. The molecule has 0 radical (unpaired) electrons. The first-order valence-electron chi connectivity index (χ1n) is 4.93. The van der Waals surface area contributed by atoms with Crippen LogP contribution in [0.3, 0.4) is 0 Å². The number of benzene rings is 1. The van der Waals surface area contributed by atoms with Crippen molar-refractivity contribution in [2.45, 2.75) is 12.5 Å². The monoisotopic (exact) mass is 302 g/mol. The number of hydrogen-bond donors (Lipinski definition) is 1. The summed E-state index contributed by atoms with van der Waals surface area (Å²) in [6.07, 6.45) is -0.923. The number of rotatable bonds is 3. The van der Waals surface area contributed by atoms with Crippen molar-refractivity contribution >= 4 is 15.9 Å². The zero-order valence-electron chi connectivity index (χ0n) is 8.66. The van der Waals surface area contributed by atoms with E-state index >= 15 is 0 Å². The smallest absolute Gasteiger partial charge is 0.169 e. The van der Waals surface area contributed by atoms with Gasteiger partial charge in [0.25, 0.3) is 0 Å². The third kappa shape index (κ3) is 2.92. The van der Waals surface area contributed by atoms with Crippen molar-refractivity contribution in [1.82, 2.24) is 0 Å². The molecule has 0 spiro atoms. The van der Waals surface area contributed by atoms with Crippen LogP contribution in [0.4, 0.5) is 8.78 Å². The standard InChI is InChI=1S/C12H9BrF2O2/c13-12-4-3-11(17-12)10(16)5-7-1-2-8(14)6-9(7)15/h1-4,6,10,16H,5H2. The molecule has 17 heavy (non-hydrogen) atoms. The minimum absolute atomic E-state index is 0.0338. The van der Waals surface area contributed by atoms with Crippen LogP contribution in [0.15, 0.2) is 39.4 Å². The number of aliphatic hydroxyl groups is 1. The number of aliphatic hydroxyl groups excluding tert-OH is 1. The lowest BCUT2D eigenvalue weighted by atomic mass is 10.1. The van der Waals surface area contributed by atoms with Gasteiger partial charge in [0.15, 0.2) is 4.67 Å². The molecule has 0 aliphatic heterocycles. The Balaban J connectivity index is 2.15. The van der Waals surface area contributed by atoms with E-state index in [2.05, 4.69) is 15.9 Å². The largest absolute Gasteiger partial charge is 0.452 e. The highest BCUT2D eigenvalue weighted by atomic mass is 79.9. The van der Waals surface area contributed by atoms with Gasteiger partial charge in [0.1, 0.15) is 23.5 Å². The lowest BCUT2D eigenvalue weighted by Gasteiger charge is -2.08. The van der Waals surface area contributed by atoms with E-state index in [1.807, 2.05) is 0 Å². The first kappa shape index (κ1) is 12.3. The number of hydrogen-bond acceptors (Lipinski definition) is 2. The van der Waals surface area contributed by atoms with Gasteiger partial charge in [0.05, 0.1) is 0 Å². The Morgan fingerprint density at radius 2 is 2.00 bits per heavy atom. The quantitative estimate of drug-likeness (QED) is 0.940. The Kier molecular flexibility index (Phi) is 3.59. The fourth-order valence-corrected chi connectivity index (χ4v) is 1.82. The minimum atomic E-state index is -0.957. The molecule has 2 nitrogen and oxygen atoms in total. The van der Waals surface area contributed by atoms with Gasteiger partial charge in [0.2, 0.25) is 0 Å². The van der Waals surface area contributed by atoms with Crippen LogP contribution < -0.4 is 0 Å². The summed E-state index contributed by atoms with van der Waals surface area (Å²) in [6, 6.07) is 6.49. The predicted octanol–water partition coefficient (Wildman–Crippen LogP) is 3.60. The van der Waals surface area contributed by atoms with Crippen molar-refractivity contribution in [3.05, 3.63) is 58.0 Å². The maximum absolute atomic E-state index is 13.3. The van der Waals surface area contributed by atoms with Crippen molar-refractivity contribution in [1.29, 1.82) is 0 Å². The van der Waals surface area contributed by atoms with Crippen LogP contribution in [0.25, 0.3) is 0 Å². The summed E-state index contributed by atoms with van der Waals surface area (Å²) < 4.78 is 31.7. The lowest BCUT2D eigenvalue weighted by Crippen LogP contribution is -2.02. The Labute approximate surface area is 105 Å². The molecule has 1 unspecified atom stereocenters. The second-order valence-electron chi connectivity index (χ2n) is 3.60. The Morgan fingerprint density at radius 3 is 2.59 bits per heavy atom. The van der Waals surface area contributed by atoms with E-state index in [0.717, 1.165) is 12.1 Å². The molecule has 90 valence electrons. The molecule has 0 saturated carbocycles. The SMILES string of the molecule is OC(Cc1ccc(F)cc1F)c1ccc(Br)o1. The molecule has 1 N–H and O–H groups in total. The minimum Gasteiger partial charge on any atom is -0.452 e. The number of furan rings is 1. The van der Waals surface area contributed by atoms with Crippen molar-refractivity contribution in [2.75, 3.05) is 0 Å².